The molecule has 114 valence electrons. The summed E-state index contributed by atoms with van der Waals surface area (Å²) in [6.07, 6.45) is -2.99. The average molecular weight is 306 g/mol. The van der Waals surface area contributed by atoms with E-state index >= 15 is 0 Å². The summed E-state index contributed by atoms with van der Waals surface area (Å²) in [6.45, 7) is -0.370. The number of nitrogens with zero attached hydrogens (tertiary/aromatic N) is 2. The van der Waals surface area contributed by atoms with Gasteiger partial charge in [-0.15, -0.1) is 0 Å². The van der Waals surface area contributed by atoms with Crippen LogP contribution in [0.3, 0.4) is 0 Å². The van der Waals surface area contributed by atoms with E-state index < -0.39 is 11.7 Å². The molecule has 1 aromatic carbocycles. The van der Waals surface area contributed by atoms with Gasteiger partial charge in [0.2, 0.25) is 0 Å². The Hall–Kier alpha value is -2.34. The second kappa shape index (κ2) is 5.46. The minimum Gasteiger partial charge on any atom is -0.390 e. The molecule has 0 aliphatic heterocycles. The molecule has 0 aliphatic rings. The Morgan fingerprint density at radius 1 is 1.05 bits per heavy atom. The van der Waals surface area contributed by atoms with E-state index in [1.807, 2.05) is 30.3 Å². The molecule has 0 atom stereocenters. The highest BCUT2D eigenvalue weighted by atomic mass is 19.4. The van der Waals surface area contributed by atoms with E-state index in [0.29, 0.717) is 23.5 Å². The van der Waals surface area contributed by atoms with Gasteiger partial charge in [-0.3, -0.25) is 0 Å². The van der Waals surface area contributed by atoms with Crippen LogP contribution >= 0.6 is 0 Å². The molecule has 0 bridgehead atoms. The molecule has 3 nitrogen and oxygen atoms in total. The average Bonchev–Trinajstić information content (AvgIpc) is 2.83. The van der Waals surface area contributed by atoms with Gasteiger partial charge in [-0.2, -0.15) is 13.2 Å². The number of hydrogen-bond acceptors (Lipinski definition) is 2. The monoisotopic (exact) mass is 306 g/mol. The lowest BCUT2D eigenvalue weighted by atomic mass is 10.1. The van der Waals surface area contributed by atoms with Gasteiger partial charge >= 0.3 is 6.18 Å². The maximum absolute atomic E-state index is 12.8. The fourth-order valence-corrected chi connectivity index (χ4v) is 2.41. The van der Waals surface area contributed by atoms with Gasteiger partial charge in [-0.05, 0) is 17.7 Å². The Kier molecular flexibility index (Phi) is 3.62. The number of benzene rings is 1. The van der Waals surface area contributed by atoms with Crippen molar-refractivity contribution >= 4 is 5.65 Å². The van der Waals surface area contributed by atoms with Gasteiger partial charge in [-0.1, -0.05) is 30.3 Å². The van der Waals surface area contributed by atoms with Crippen molar-refractivity contribution in [3.63, 3.8) is 0 Å². The molecule has 0 saturated heterocycles. The van der Waals surface area contributed by atoms with Crippen molar-refractivity contribution in [2.24, 2.45) is 0 Å². The van der Waals surface area contributed by atoms with Gasteiger partial charge in [0.05, 0.1) is 23.6 Å². The summed E-state index contributed by atoms with van der Waals surface area (Å²) in [6, 6.07) is 11.8. The Morgan fingerprint density at radius 2 is 1.77 bits per heavy atom. The molecule has 0 unspecified atom stereocenters. The summed E-state index contributed by atoms with van der Waals surface area (Å²) >= 11 is 0. The summed E-state index contributed by atoms with van der Waals surface area (Å²) in [4.78, 5) is 4.34. The van der Waals surface area contributed by atoms with Crippen LogP contribution in [0.4, 0.5) is 13.2 Å². The molecule has 22 heavy (non-hydrogen) atoms. The summed E-state index contributed by atoms with van der Waals surface area (Å²) in [7, 11) is 0. The summed E-state index contributed by atoms with van der Waals surface area (Å²) in [5, 5.41) is 9.53. The molecule has 3 rings (SSSR count). The maximum atomic E-state index is 12.8. The minimum atomic E-state index is -4.43. The van der Waals surface area contributed by atoms with Crippen LogP contribution in [0.25, 0.3) is 5.65 Å². The quantitative estimate of drug-likeness (QED) is 0.805. The summed E-state index contributed by atoms with van der Waals surface area (Å²) < 4.78 is 39.7. The van der Waals surface area contributed by atoms with Crippen LogP contribution in [0.2, 0.25) is 0 Å². The van der Waals surface area contributed by atoms with Gasteiger partial charge in [0.15, 0.2) is 0 Å². The number of pyridine rings is 1. The van der Waals surface area contributed by atoms with Crippen molar-refractivity contribution in [3.8, 4) is 0 Å². The molecule has 0 saturated carbocycles. The van der Waals surface area contributed by atoms with E-state index in [9.17, 15) is 18.3 Å². The number of imidazole rings is 1. The van der Waals surface area contributed by atoms with Crippen molar-refractivity contribution in [1.29, 1.82) is 0 Å². The standard InChI is InChI=1S/C16H13F3N2O/c17-16(18,19)12-6-7-15-20-13(14(10-22)21(15)9-12)8-11-4-2-1-3-5-11/h1-7,9,22H,8,10H2. The predicted octanol–water partition coefficient (Wildman–Crippen LogP) is 3.44. The lowest BCUT2D eigenvalue weighted by molar-refractivity contribution is -0.137. The van der Waals surface area contributed by atoms with Crippen molar-refractivity contribution < 1.29 is 18.3 Å². The Balaban J connectivity index is 2.08. The lowest BCUT2D eigenvalue weighted by Gasteiger charge is -2.08. The third-order valence-electron chi connectivity index (χ3n) is 3.49. The number of rotatable bonds is 3. The van der Waals surface area contributed by atoms with Gasteiger partial charge < -0.3 is 9.51 Å². The van der Waals surface area contributed by atoms with Crippen molar-refractivity contribution in [2.45, 2.75) is 19.2 Å². The molecule has 0 amide bonds. The fraction of sp³-hybridized carbons (Fsp3) is 0.188. The molecule has 0 fully saturated rings. The van der Waals surface area contributed by atoms with Crippen LogP contribution in [0, 0.1) is 0 Å². The number of aliphatic hydroxyl groups is 1. The SMILES string of the molecule is OCc1c(Cc2ccccc2)nc2ccc(C(F)(F)F)cn12. The first-order valence-corrected chi connectivity index (χ1v) is 6.71. The number of fused-ring (bicyclic) bond motifs is 1. The maximum Gasteiger partial charge on any atom is 0.417 e. The topological polar surface area (TPSA) is 37.5 Å². The van der Waals surface area contributed by atoms with Crippen LogP contribution in [-0.2, 0) is 19.2 Å². The molecule has 0 aliphatic carbocycles. The largest absolute Gasteiger partial charge is 0.417 e. The Labute approximate surface area is 124 Å². The number of hydrogen-bond donors (Lipinski definition) is 1. The molecule has 1 N–H and O–H groups in total. The smallest absolute Gasteiger partial charge is 0.390 e. The first-order valence-electron chi connectivity index (χ1n) is 6.71. The van der Waals surface area contributed by atoms with Gasteiger partial charge in [0, 0.05) is 12.6 Å². The molecule has 0 radical (unpaired) electrons. The first-order chi connectivity index (χ1) is 10.5. The zero-order chi connectivity index (χ0) is 15.7. The van der Waals surface area contributed by atoms with Gasteiger partial charge in [0.1, 0.15) is 5.65 Å². The van der Waals surface area contributed by atoms with Crippen LogP contribution in [0.1, 0.15) is 22.5 Å². The predicted molar refractivity (Wildman–Crippen MR) is 75.4 cm³/mol. The van der Waals surface area contributed by atoms with E-state index in [1.165, 1.54) is 10.5 Å². The van der Waals surface area contributed by atoms with Gasteiger partial charge in [0.25, 0.3) is 0 Å². The molecular formula is C16H13F3N2O. The van der Waals surface area contributed by atoms with Crippen LogP contribution in [0.5, 0.6) is 0 Å². The van der Waals surface area contributed by atoms with E-state index in [2.05, 4.69) is 4.98 Å². The summed E-state index contributed by atoms with van der Waals surface area (Å²) in [5.74, 6) is 0. The summed E-state index contributed by atoms with van der Waals surface area (Å²) in [5.41, 5.74) is 1.57. The fourth-order valence-electron chi connectivity index (χ4n) is 2.41. The zero-order valence-corrected chi connectivity index (χ0v) is 11.5. The molecule has 0 spiro atoms. The number of alkyl halides is 3. The zero-order valence-electron chi connectivity index (χ0n) is 11.5. The number of aliphatic hydroxyl groups excluding tert-OH is 1. The number of aromatic nitrogens is 2. The molecule has 6 heteroatoms. The molecule has 2 aromatic heterocycles. The van der Waals surface area contributed by atoms with E-state index in [-0.39, 0.29) is 6.61 Å². The highest BCUT2D eigenvalue weighted by molar-refractivity contribution is 5.46. The van der Waals surface area contributed by atoms with Crippen LogP contribution in [-0.4, -0.2) is 14.5 Å². The second-order valence-electron chi connectivity index (χ2n) is 4.97. The normalized spacial score (nSPS) is 12.0. The highest BCUT2D eigenvalue weighted by Gasteiger charge is 2.31. The third kappa shape index (κ3) is 2.69. The molecular weight excluding hydrogens is 293 g/mol. The molecule has 3 aromatic rings. The Bertz CT molecular complexity index is 794. The molecule has 2 heterocycles. The number of halogens is 3. The first kappa shape index (κ1) is 14.6. The van der Waals surface area contributed by atoms with Crippen molar-refractivity contribution in [2.75, 3.05) is 0 Å². The van der Waals surface area contributed by atoms with Gasteiger partial charge in [-0.25, -0.2) is 4.98 Å². The van der Waals surface area contributed by atoms with E-state index in [4.69, 9.17) is 0 Å². The van der Waals surface area contributed by atoms with Crippen LogP contribution < -0.4 is 0 Å². The third-order valence-corrected chi connectivity index (χ3v) is 3.49. The lowest BCUT2D eigenvalue weighted by Crippen LogP contribution is -2.07. The van der Waals surface area contributed by atoms with Crippen molar-refractivity contribution in [1.82, 2.24) is 9.38 Å². The minimum absolute atomic E-state index is 0.370. The highest BCUT2D eigenvalue weighted by Crippen LogP contribution is 2.30. The van der Waals surface area contributed by atoms with E-state index in [0.717, 1.165) is 17.8 Å². The Morgan fingerprint density at radius 3 is 2.41 bits per heavy atom. The second-order valence-corrected chi connectivity index (χ2v) is 4.97. The van der Waals surface area contributed by atoms with Crippen LogP contribution in [0.15, 0.2) is 48.7 Å². The van der Waals surface area contributed by atoms with E-state index in [1.54, 1.807) is 0 Å². The van der Waals surface area contributed by atoms with Crippen molar-refractivity contribution in [3.05, 3.63) is 71.2 Å².